The van der Waals surface area contributed by atoms with Crippen molar-refractivity contribution in [2.45, 2.75) is 25.0 Å². The topological polar surface area (TPSA) is 126 Å². The number of sulfonamides is 1. The molecule has 0 fully saturated rings. The highest BCUT2D eigenvalue weighted by Gasteiger charge is 2.40. The molecule has 2 atom stereocenters. The average Bonchev–Trinajstić information content (AvgIpc) is 3.29. The van der Waals surface area contributed by atoms with Crippen LogP contribution in [-0.2, 0) is 16.4 Å². The van der Waals surface area contributed by atoms with Crippen LogP contribution in [0.25, 0.3) is 0 Å². The van der Waals surface area contributed by atoms with E-state index in [1.807, 2.05) is 43.3 Å². The molecular formula is C28H34ClFN6O5S. The number of hydrogen-bond donors (Lipinski definition) is 2. The first kappa shape index (κ1) is 31.4. The van der Waals surface area contributed by atoms with Gasteiger partial charge in [-0.2, -0.15) is 9.29 Å². The lowest BCUT2D eigenvalue weighted by molar-refractivity contribution is 0.0948. The third-order valence-electron chi connectivity index (χ3n) is 6.88. The van der Waals surface area contributed by atoms with Gasteiger partial charge in [0.05, 0.1) is 36.9 Å². The first-order valence-corrected chi connectivity index (χ1v) is 15.4. The van der Waals surface area contributed by atoms with E-state index in [0.717, 1.165) is 30.0 Å². The molecule has 1 aromatic heterocycles. The summed E-state index contributed by atoms with van der Waals surface area (Å²) in [4.78, 5) is 23.1. The quantitative estimate of drug-likeness (QED) is 0.292. The van der Waals surface area contributed by atoms with Crippen LogP contribution in [-0.4, -0.2) is 87.2 Å². The van der Waals surface area contributed by atoms with Gasteiger partial charge in [0.15, 0.2) is 0 Å². The number of fused-ring (bicyclic) bond motifs is 1. The number of carbonyl (C=O) groups is 1. The number of likely N-dealkylation sites (N-methyl/N-ethyl adjacent to an activating group) is 1. The summed E-state index contributed by atoms with van der Waals surface area (Å²) < 4.78 is 52.7. The third kappa shape index (κ3) is 7.27. The SMILES string of the molecule is COc1cc(C(=O)NCCCN(C)C)c(F)cc1Nc1ncc(Cl)c(O[C@@H]2Cc3ccccc3[C@H]2N(C)S(C)(=O)=O)n1. The number of rotatable bonds is 12. The maximum atomic E-state index is 15.0. The zero-order valence-electron chi connectivity index (χ0n) is 24.0. The molecule has 2 aromatic carbocycles. The van der Waals surface area contributed by atoms with Crippen LogP contribution in [0.15, 0.2) is 42.6 Å². The Morgan fingerprint density at radius 1 is 1.21 bits per heavy atom. The molecule has 0 bridgehead atoms. The molecule has 0 radical (unpaired) electrons. The number of halogens is 2. The number of carbonyl (C=O) groups excluding carboxylic acids is 1. The number of nitrogens with zero attached hydrogens (tertiary/aromatic N) is 4. The van der Waals surface area contributed by atoms with Gasteiger partial charge in [-0.25, -0.2) is 17.8 Å². The van der Waals surface area contributed by atoms with E-state index in [1.54, 1.807) is 0 Å². The molecule has 1 heterocycles. The summed E-state index contributed by atoms with van der Waals surface area (Å²) >= 11 is 6.37. The molecule has 3 aromatic rings. The molecule has 0 aliphatic heterocycles. The third-order valence-corrected chi connectivity index (χ3v) is 8.42. The fraction of sp³-hybridized carbons (Fsp3) is 0.393. The Hall–Kier alpha value is -3.52. The van der Waals surface area contributed by atoms with Gasteiger partial charge in [-0.05, 0) is 44.3 Å². The van der Waals surface area contributed by atoms with Crippen LogP contribution in [0.5, 0.6) is 11.6 Å². The van der Waals surface area contributed by atoms with Crippen molar-refractivity contribution in [1.29, 1.82) is 0 Å². The molecule has 0 spiro atoms. The molecule has 0 saturated carbocycles. The van der Waals surface area contributed by atoms with Gasteiger partial charge < -0.3 is 25.0 Å². The van der Waals surface area contributed by atoms with Gasteiger partial charge in [0.25, 0.3) is 5.91 Å². The number of hydrogen-bond acceptors (Lipinski definition) is 9. The van der Waals surface area contributed by atoms with Gasteiger partial charge in [0, 0.05) is 26.1 Å². The second kappa shape index (κ2) is 13.2. The Morgan fingerprint density at radius 2 is 1.95 bits per heavy atom. The van der Waals surface area contributed by atoms with E-state index in [-0.39, 0.29) is 33.9 Å². The van der Waals surface area contributed by atoms with Crippen LogP contribution in [0.3, 0.4) is 0 Å². The van der Waals surface area contributed by atoms with Crippen molar-refractivity contribution in [1.82, 2.24) is 24.5 Å². The van der Waals surface area contributed by atoms with Crippen molar-refractivity contribution in [2.24, 2.45) is 0 Å². The van der Waals surface area contributed by atoms with Gasteiger partial charge in [-0.15, -0.1) is 0 Å². The summed E-state index contributed by atoms with van der Waals surface area (Å²) in [5, 5.41) is 5.71. The zero-order valence-corrected chi connectivity index (χ0v) is 25.6. The maximum absolute atomic E-state index is 15.0. The molecule has 1 aliphatic rings. The number of amides is 1. The van der Waals surface area contributed by atoms with Gasteiger partial charge >= 0.3 is 0 Å². The van der Waals surface area contributed by atoms with Crippen molar-refractivity contribution >= 4 is 39.2 Å². The Labute approximate surface area is 250 Å². The van der Waals surface area contributed by atoms with Crippen LogP contribution >= 0.6 is 11.6 Å². The van der Waals surface area contributed by atoms with Crippen molar-refractivity contribution < 1.29 is 27.1 Å². The van der Waals surface area contributed by atoms with Gasteiger partial charge in [-0.1, -0.05) is 35.9 Å². The summed E-state index contributed by atoms with van der Waals surface area (Å²) in [5.74, 6) is -1.08. The van der Waals surface area contributed by atoms with Crippen LogP contribution in [0.4, 0.5) is 16.0 Å². The molecular weight excluding hydrogens is 587 g/mol. The molecule has 42 heavy (non-hydrogen) atoms. The van der Waals surface area contributed by atoms with Crippen LogP contribution in [0, 0.1) is 5.82 Å². The van der Waals surface area contributed by atoms with E-state index in [2.05, 4.69) is 20.6 Å². The van der Waals surface area contributed by atoms with Crippen molar-refractivity contribution in [2.75, 3.05) is 52.9 Å². The minimum Gasteiger partial charge on any atom is -0.495 e. The number of aromatic nitrogens is 2. The largest absolute Gasteiger partial charge is 0.495 e. The van der Waals surface area contributed by atoms with E-state index in [9.17, 15) is 13.2 Å². The van der Waals surface area contributed by atoms with E-state index in [0.29, 0.717) is 19.4 Å². The second-order valence-corrected chi connectivity index (χ2v) is 12.6. The maximum Gasteiger partial charge on any atom is 0.254 e. The smallest absolute Gasteiger partial charge is 0.254 e. The number of methoxy groups -OCH3 is 1. The first-order valence-electron chi connectivity index (χ1n) is 13.2. The predicted molar refractivity (Wildman–Crippen MR) is 159 cm³/mol. The van der Waals surface area contributed by atoms with Crippen LogP contribution in [0.2, 0.25) is 5.02 Å². The van der Waals surface area contributed by atoms with E-state index >= 15 is 4.39 Å². The molecule has 1 amide bonds. The number of nitrogens with one attached hydrogen (secondary N) is 2. The highest BCUT2D eigenvalue weighted by Crippen LogP contribution is 2.40. The summed E-state index contributed by atoms with van der Waals surface area (Å²) in [7, 11) is 3.21. The summed E-state index contributed by atoms with van der Waals surface area (Å²) in [6.07, 6.45) is 2.99. The lowest BCUT2D eigenvalue weighted by atomic mass is 10.1. The summed E-state index contributed by atoms with van der Waals surface area (Å²) in [6, 6.07) is 9.33. The molecule has 1 aliphatic carbocycles. The molecule has 0 unspecified atom stereocenters. The Kier molecular flexibility index (Phi) is 9.87. The molecule has 14 heteroatoms. The van der Waals surface area contributed by atoms with Crippen molar-refractivity contribution in [3.05, 3.63) is 70.1 Å². The van der Waals surface area contributed by atoms with E-state index in [1.165, 1.54) is 30.7 Å². The molecule has 2 N–H and O–H groups in total. The summed E-state index contributed by atoms with van der Waals surface area (Å²) in [6.45, 7) is 1.18. The monoisotopic (exact) mass is 620 g/mol. The second-order valence-electron chi connectivity index (χ2n) is 10.2. The minimum absolute atomic E-state index is 0.0204. The Morgan fingerprint density at radius 3 is 2.64 bits per heavy atom. The number of benzene rings is 2. The van der Waals surface area contributed by atoms with Crippen LogP contribution in [0.1, 0.15) is 33.9 Å². The fourth-order valence-corrected chi connectivity index (χ4v) is 5.52. The van der Waals surface area contributed by atoms with Gasteiger partial charge in [0.2, 0.25) is 21.9 Å². The highest BCUT2D eigenvalue weighted by molar-refractivity contribution is 7.88. The number of anilines is 2. The van der Waals surface area contributed by atoms with Crippen molar-refractivity contribution in [3.63, 3.8) is 0 Å². The van der Waals surface area contributed by atoms with Crippen molar-refractivity contribution in [3.8, 4) is 11.6 Å². The standard InChI is InChI=1S/C28H34ClFN6O5S/c1-35(2)12-8-11-31-26(37)19-14-23(40-4)22(15-21(19)30)33-28-32-16-20(29)27(34-28)41-24-13-17-9-6-7-10-18(17)25(24)36(3)42(5,38)39/h6-7,9-10,14-16,24-25H,8,11-13H2,1-5H3,(H,31,37)(H,32,33,34)/t24-,25-/m1/s1. The van der Waals surface area contributed by atoms with Gasteiger partial charge in [-0.3, -0.25) is 4.79 Å². The first-order chi connectivity index (χ1) is 19.9. The minimum atomic E-state index is -3.55. The molecule has 4 rings (SSSR count). The molecule has 0 saturated heterocycles. The Balaban J connectivity index is 1.55. The number of ether oxygens (including phenoxy) is 2. The lowest BCUT2D eigenvalue weighted by Crippen LogP contribution is -2.38. The van der Waals surface area contributed by atoms with E-state index in [4.69, 9.17) is 21.1 Å². The lowest BCUT2D eigenvalue weighted by Gasteiger charge is -2.28. The van der Waals surface area contributed by atoms with Crippen LogP contribution < -0.4 is 20.1 Å². The summed E-state index contributed by atoms with van der Waals surface area (Å²) in [5.41, 5.74) is 1.80. The fourth-order valence-electron chi connectivity index (χ4n) is 4.72. The van der Waals surface area contributed by atoms with Gasteiger partial charge in [0.1, 0.15) is 22.7 Å². The molecule has 11 nitrogen and oxygen atoms in total. The van der Waals surface area contributed by atoms with E-state index < -0.39 is 33.9 Å². The Bertz CT molecular complexity index is 1560. The molecule has 226 valence electrons. The highest BCUT2D eigenvalue weighted by atomic mass is 35.5. The average molecular weight is 621 g/mol. The normalized spacial score (nSPS) is 16.4. The predicted octanol–water partition coefficient (Wildman–Crippen LogP) is 3.64. The zero-order chi connectivity index (χ0) is 30.6.